The van der Waals surface area contributed by atoms with Crippen LogP contribution in [0.4, 0.5) is 0 Å². The van der Waals surface area contributed by atoms with Crippen molar-refractivity contribution in [2.24, 2.45) is 0 Å². The summed E-state index contributed by atoms with van der Waals surface area (Å²) in [5.74, 6) is 2.27. The second-order valence-corrected chi connectivity index (χ2v) is 11.2. The highest BCUT2D eigenvalue weighted by molar-refractivity contribution is 5.78. The lowest BCUT2D eigenvalue weighted by atomic mass is 10.1. The fourth-order valence-electron chi connectivity index (χ4n) is 4.96. The van der Waals surface area contributed by atoms with Crippen LogP contribution in [0.3, 0.4) is 0 Å². The lowest BCUT2D eigenvalue weighted by Gasteiger charge is -2.14. The van der Waals surface area contributed by atoms with Crippen LogP contribution < -0.4 is 10.3 Å². The Bertz CT molecular complexity index is 1760. The van der Waals surface area contributed by atoms with Crippen molar-refractivity contribution >= 4 is 5.91 Å². The van der Waals surface area contributed by atoms with Crippen molar-refractivity contribution in [2.75, 3.05) is 6.54 Å². The number of carbonyl (C=O) groups is 1. The average molecular weight is 592 g/mol. The molecule has 1 aliphatic heterocycles. The van der Waals surface area contributed by atoms with E-state index in [-0.39, 0.29) is 5.56 Å². The molecule has 1 aliphatic carbocycles. The molecule has 7 rings (SSSR count). The highest BCUT2D eigenvalue weighted by Crippen LogP contribution is 2.32. The number of hydrogen-bond acceptors (Lipinski definition) is 9. The second kappa shape index (κ2) is 13.0. The van der Waals surface area contributed by atoms with Crippen molar-refractivity contribution in [1.29, 1.82) is 0 Å². The molecule has 0 unspecified atom stereocenters. The van der Waals surface area contributed by atoms with Crippen molar-refractivity contribution in [3.05, 3.63) is 101 Å². The second-order valence-electron chi connectivity index (χ2n) is 11.2. The molecule has 0 radical (unpaired) electrons. The number of nitrogens with zero attached hydrogens (tertiary/aromatic N) is 7. The van der Waals surface area contributed by atoms with Crippen LogP contribution in [0.2, 0.25) is 0 Å². The van der Waals surface area contributed by atoms with E-state index in [9.17, 15) is 9.59 Å². The summed E-state index contributed by atoms with van der Waals surface area (Å²) in [7, 11) is 0. The Labute approximate surface area is 254 Å². The molecule has 11 nitrogen and oxygen atoms in total. The van der Waals surface area contributed by atoms with Crippen LogP contribution in [-0.2, 0) is 11.3 Å². The molecule has 4 heterocycles. The van der Waals surface area contributed by atoms with Crippen LogP contribution in [0.1, 0.15) is 56.7 Å². The number of hydrogen-bond donors (Lipinski definition) is 0. The van der Waals surface area contributed by atoms with Gasteiger partial charge >= 0.3 is 0 Å². The fraction of sp³-hybridized carbons (Fsp3) is 0.303. The Morgan fingerprint density at radius 2 is 1.80 bits per heavy atom. The van der Waals surface area contributed by atoms with Crippen LogP contribution in [-0.4, -0.2) is 53.3 Å². The predicted octanol–water partition coefficient (Wildman–Crippen LogP) is 5.49. The lowest BCUT2D eigenvalue weighted by molar-refractivity contribution is -0.128. The highest BCUT2D eigenvalue weighted by atomic mass is 16.5. The van der Waals surface area contributed by atoms with Gasteiger partial charge in [0.1, 0.15) is 11.5 Å². The maximum Gasteiger partial charge on any atom is 0.257 e. The first-order valence-electron chi connectivity index (χ1n) is 14.8. The summed E-state index contributed by atoms with van der Waals surface area (Å²) >= 11 is 0. The zero-order valence-electron chi connectivity index (χ0n) is 24.7. The normalized spacial score (nSPS) is 14.4. The summed E-state index contributed by atoms with van der Waals surface area (Å²) < 4.78 is 12.9. The van der Waals surface area contributed by atoms with Crippen molar-refractivity contribution in [1.82, 2.24) is 34.8 Å². The Morgan fingerprint density at radius 1 is 0.977 bits per heavy atom. The van der Waals surface area contributed by atoms with Gasteiger partial charge in [0.25, 0.3) is 11.4 Å². The molecule has 0 spiro atoms. The fourth-order valence-corrected chi connectivity index (χ4v) is 4.96. The van der Waals surface area contributed by atoms with Gasteiger partial charge in [0.15, 0.2) is 6.33 Å². The molecule has 1 amide bonds. The minimum absolute atomic E-state index is 0.152. The third kappa shape index (κ3) is 6.88. The van der Waals surface area contributed by atoms with Crippen LogP contribution in [0.25, 0.3) is 22.7 Å². The quantitative estimate of drug-likeness (QED) is 0.230. The molecular formula is C33H33N7O4. The number of carbonyl (C=O) groups excluding carboxylic acids is 1. The van der Waals surface area contributed by atoms with Gasteiger partial charge < -0.3 is 14.2 Å². The molecule has 0 atom stereocenters. The predicted molar refractivity (Wildman–Crippen MR) is 163 cm³/mol. The number of ether oxygens (including phenoxy) is 1. The van der Waals surface area contributed by atoms with Gasteiger partial charge in [-0.1, -0.05) is 25.1 Å². The summed E-state index contributed by atoms with van der Waals surface area (Å²) in [5.41, 5.74) is 4.02. The number of benzene rings is 2. The first-order chi connectivity index (χ1) is 21.4. The molecule has 0 N–H and O–H groups in total. The molecule has 1 saturated heterocycles. The number of aromatic nitrogens is 6. The lowest BCUT2D eigenvalue weighted by Crippen LogP contribution is -2.26. The van der Waals surface area contributed by atoms with E-state index in [1.807, 2.05) is 59.5 Å². The van der Waals surface area contributed by atoms with Crippen molar-refractivity contribution < 1.29 is 14.1 Å². The van der Waals surface area contributed by atoms with Gasteiger partial charge in [-0.3, -0.25) is 14.2 Å². The molecule has 224 valence electrons. The van der Waals surface area contributed by atoms with Crippen molar-refractivity contribution in [3.63, 3.8) is 0 Å². The van der Waals surface area contributed by atoms with Gasteiger partial charge in [-0.05, 0) is 73.7 Å². The highest BCUT2D eigenvalue weighted by Gasteiger charge is 2.34. The third-order valence-electron chi connectivity index (χ3n) is 7.56. The molecule has 5 aromatic rings. The van der Waals surface area contributed by atoms with Gasteiger partial charge in [0, 0.05) is 48.0 Å². The van der Waals surface area contributed by atoms with E-state index in [2.05, 4.69) is 39.2 Å². The largest absolute Gasteiger partial charge is 0.457 e. The molecular weight excluding hydrogens is 558 g/mol. The van der Waals surface area contributed by atoms with E-state index < -0.39 is 0 Å². The molecule has 2 fully saturated rings. The Balaban J connectivity index is 0.000000323. The number of rotatable bonds is 8. The summed E-state index contributed by atoms with van der Waals surface area (Å²) in [6, 6.07) is 19.2. The van der Waals surface area contributed by atoms with Crippen LogP contribution in [0, 0.1) is 0 Å². The average Bonchev–Trinajstić information content (AvgIpc) is 3.54. The van der Waals surface area contributed by atoms with Crippen molar-refractivity contribution in [2.45, 2.75) is 58.0 Å². The van der Waals surface area contributed by atoms with Gasteiger partial charge in [-0.15, -0.1) is 0 Å². The molecule has 3 aromatic heterocycles. The minimum Gasteiger partial charge on any atom is -0.457 e. The van der Waals surface area contributed by atoms with Crippen LogP contribution in [0.5, 0.6) is 11.5 Å². The van der Waals surface area contributed by atoms with E-state index >= 15 is 0 Å². The maximum absolute atomic E-state index is 12.2. The topological polar surface area (TPSA) is 129 Å². The van der Waals surface area contributed by atoms with Crippen LogP contribution in [0.15, 0.2) is 88.8 Å². The smallest absolute Gasteiger partial charge is 0.257 e. The standard InChI is InChI=1S/C26H22N6O3.C7H11NO/c1-17(2)22-9-10-23(31-30-22)18-5-7-21(8-6-18)34-24-13-19(26-28-15-29-35-26)3-4-20(24)14-32-16-27-12-11-25(32)33;9-7-2-1-5-8(7)6-3-4-6/h3-13,15-17H,14H2,1-2H3;6H,1-5H2. The van der Waals surface area contributed by atoms with Crippen LogP contribution >= 0.6 is 0 Å². The Kier molecular flexibility index (Phi) is 8.53. The Morgan fingerprint density at radius 3 is 2.43 bits per heavy atom. The minimum atomic E-state index is -0.152. The van der Waals surface area contributed by atoms with E-state index in [1.165, 1.54) is 42.3 Å². The first-order valence-corrected chi connectivity index (χ1v) is 14.8. The van der Waals surface area contributed by atoms with E-state index in [4.69, 9.17) is 9.26 Å². The zero-order chi connectivity index (χ0) is 30.5. The number of amides is 1. The first kappa shape index (κ1) is 28.9. The van der Waals surface area contributed by atoms with E-state index in [0.29, 0.717) is 47.4 Å². The maximum atomic E-state index is 12.2. The van der Waals surface area contributed by atoms with Gasteiger partial charge in [-0.25, -0.2) is 4.98 Å². The molecule has 2 aliphatic rings. The summed E-state index contributed by atoms with van der Waals surface area (Å²) in [4.78, 5) is 33.4. The van der Waals surface area contributed by atoms with E-state index in [0.717, 1.165) is 41.9 Å². The molecule has 1 saturated carbocycles. The molecule has 0 bridgehead atoms. The van der Waals surface area contributed by atoms with Crippen molar-refractivity contribution in [3.8, 4) is 34.2 Å². The summed E-state index contributed by atoms with van der Waals surface area (Å²) in [5, 5.41) is 12.3. The molecule has 11 heteroatoms. The summed E-state index contributed by atoms with van der Waals surface area (Å²) in [6.45, 7) is 5.50. The molecule has 44 heavy (non-hydrogen) atoms. The zero-order valence-corrected chi connectivity index (χ0v) is 24.7. The molecule has 2 aromatic carbocycles. The SMILES string of the molecule is CC(C)c1ccc(-c2ccc(Oc3cc(-c4ncno4)ccc3Cn3cnccc3=O)cc2)nn1.O=C1CCCN1C1CC1. The number of likely N-dealkylation sites (tertiary alicyclic amines) is 1. The monoisotopic (exact) mass is 591 g/mol. The third-order valence-corrected chi connectivity index (χ3v) is 7.56. The Hall–Kier alpha value is -5.19. The van der Waals surface area contributed by atoms with Gasteiger partial charge in [-0.2, -0.15) is 15.2 Å². The van der Waals surface area contributed by atoms with Gasteiger partial charge in [0.2, 0.25) is 5.91 Å². The summed E-state index contributed by atoms with van der Waals surface area (Å²) in [6.07, 6.45) is 8.72. The van der Waals surface area contributed by atoms with E-state index in [1.54, 1.807) is 0 Å². The van der Waals surface area contributed by atoms with Gasteiger partial charge in [0.05, 0.1) is 24.3 Å².